The van der Waals surface area contributed by atoms with E-state index in [2.05, 4.69) is 25.6 Å². The van der Waals surface area contributed by atoms with Crippen LogP contribution < -0.4 is 5.32 Å². The molecule has 0 fully saturated rings. The molecule has 1 atom stereocenters. The molecule has 1 aliphatic heterocycles. The molecule has 0 saturated heterocycles. The van der Waals surface area contributed by atoms with E-state index in [1.807, 2.05) is 18.2 Å². The highest BCUT2D eigenvalue weighted by Crippen LogP contribution is 2.26. The summed E-state index contributed by atoms with van der Waals surface area (Å²) in [6, 6.07) is 5.52. The second-order valence-corrected chi connectivity index (χ2v) is 4.60. The quantitative estimate of drug-likeness (QED) is 0.837. The minimum absolute atomic E-state index is 0.382. The van der Waals surface area contributed by atoms with Gasteiger partial charge in [-0.1, -0.05) is 11.3 Å². The zero-order valence-corrected chi connectivity index (χ0v) is 12.1. The normalized spacial score (nSPS) is 17.7. The zero-order valence-electron chi connectivity index (χ0n) is 12.1. The van der Waals surface area contributed by atoms with Gasteiger partial charge in [0.2, 0.25) is 0 Å². The first-order valence-corrected chi connectivity index (χ1v) is 6.62. The van der Waals surface area contributed by atoms with Crippen molar-refractivity contribution in [3.8, 4) is 0 Å². The molecule has 0 aliphatic carbocycles. The number of rotatable bonds is 3. The smallest absolute Gasteiger partial charge is 0.339 e. The topological polar surface area (TPSA) is 94.3 Å². The molecule has 0 aromatic carbocycles. The van der Waals surface area contributed by atoms with Gasteiger partial charge >= 0.3 is 5.97 Å². The molecular weight excluding hydrogens is 284 g/mol. The summed E-state index contributed by atoms with van der Waals surface area (Å²) in [5.74, 6) is 0.0978. The summed E-state index contributed by atoms with van der Waals surface area (Å²) in [7, 11) is 1.33. The number of carbonyl (C=O) groups is 1. The highest BCUT2D eigenvalue weighted by Gasteiger charge is 2.31. The van der Waals surface area contributed by atoms with Crippen molar-refractivity contribution in [3.63, 3.8) is 0 Å². The SMILES string of the molecule is COC(=O)C1=C(C)NC(c2ccccn2)=NC1n1ccnn1. The number of aliphatic imine (C=N–C) groups is 1. The van der Waals surface area contributed by atoms with Crippen LogP contribution in [0.3, 0.4) is 0 Å². The Bertz CT molecular complexity index is 736. The number of allylic oxidation sites excluding steroid dienone is 1. The number of hydrogen-bond donors (Lipinski definition) is 1. The summed E-state index contributed by atoms with van der Waals surface area (Å²) in [4.78, 5) is 20.9. The molecular formula is C14H14N6O2. The standard InChI is InChI=1S/C14H14N6O2/c1-9-11(14(21)22-2)13(20-8-7-16-19-20)18-12(17-9)10-5-3-4-6-15-10/h3-8,13H,1-2H3,(H,17,18). The second kappa shape index (κ2) is 5.76. The Morgan fingerprint density at radius 2 is 2.23 bits per heavy atom. The molecule has 0 amide bonds. The maximum Gasteiger partial charge on any atom is 0.339 e. The number of hydrogen-bond acceptors (Lipinski definition) is 7. The maximum atomic E-state index is 12.1. The molecule has 0 bridgehead atoms. The highest BCUT2D eigenvalue weighted by molar-refractivity contribution is 6.01. The van der Waals surface area contributed by atoms with Crippen molar-refractivity contribution in [2.24, 2.45) is 4.99 Å². The fourth-order valence-electron chi connectivity index (χ4n) is 2.20. The molecule has 112 valence electrons. The van der Waals surface area contributed by atoms with Gasteiger partial charge in [0.05, 0.1) is 13.3 Å². The Morgan fingerprint density at radius 3 is 2.86 bits per heavy atom. The number of aromatic nitrogens is 4. The minimum atomic E-state index is -0.645. The summed E-state index contributed by atoms with van der Waals surface area (Å²) in [6.07, 6.45) is 4.21. The van der Waals surface area contributed by atoms with Gasteiger partial charge in [-0.05, 0) is 19.1 Å². The average Bonchev–Trinajstić information content (AvgIpc) is 3.08. The molecule has 3 heterocycles. The van der Waals surface area contributed by atoms with Crippen molar-refractivity contribution in [1.82, 2.24) is 25.3 Å². The van der Waals surface area contributed by atoms with E-state index < -0.39 is 12.1 Å². The van der Waals surface area contributed by atoms with Crippen molar-refractivity contribution in [1.29, 1.82) is 0 Å². The number of nitrogens with one attached hydrogen (secondary N) is 1. The van der Waals surface area contributed by atoms with Gasteiger partial charge in [-0.25, -0.2) is 14.5 Å². The monoisotopic (exact) mass is 298 g/mol. The van der Waals surface area contributed by atoms with Gasteiger partial charge in [0.25, 0.3) is 0 Å². The first-order chi connectivity index (χ1) is 10.7. The number of methoxy groups -OCH3 is 1. The van der Waals surface area contributed by atoms with Gasteiger partial charge in [-0.15, -0.1) is 5.10 Å². The van der Waals surface area contributed by atoms with Gasteiger partial charge in [-0.2, -0.15) is 0 Å². The van der Waals surface area contributed by atoms with E-state index in [0.29, 0.717) is 22.8 Å². The number of nitrogens with zero attached hydrogens (tertiary/aromatic N) is 5. The zero-order chi connectivity index (χ0) is 15.5. The van der Waals surface area contributed by atoms with E-state index in [1.165, 1.54) is 18.0 Å². The molecule has 0 spiro atoms. The third-order valence-electron chi connectivity index (χ3n) is 3.22. The number of amidine groups is 1. The average molecular weight is 298 g/mol. The number of esters is 1. The van der Waals surface area contributed by atoms with Gasteiger partial charge in [0, 0.05) is 18.1 Å². The summed E-state index contributed by atoms with van der Waals surface area (Å²) < 4.78 is 6.35. The van der Waals surface area contributed by atoms with Gasteiger partial charge in [-0.3, -0.25) is 4.98 Å². The summed E-state index contributed by atoms with van der Waals surface area (Å²) in [5.41, 5.74) is 1.70. The van der Waals surface area contributed by atoms with Crippen molar-refractivity contribution in [2.75, 3.05) is 7.11 Å². The van der Waals surface area contributed by atoms with Crippen molar-refractivity contribution < 1.29 is 9.53 Å². The molecule has 22 heavy (non-hydrogen) atoms. The highest BCUT2D eigenvalue weighted by atomic mass is 16.5. The molecule has 1 aliphatic rings. The van der Waals surface area contributed by atoms with Gasteiger partial charge < -0.3 is 10.1 Å². The molecule has 1 unspecified atom stereocenters. The summed E-state index contributed by atoms with van der Waals surface area (Å²) >= 11 is 0. The van der Waals surface area contributed by atoms with E-state index in [-0.39, 0.29) is 0 Å². The van der Waals surface area contributed by atoms with Crippen LogP contribution in [0.2, 0.25) is 0 Å². The number of carbonyl (C=O) groups excluding carboxylic acids is 1. The second-order valence-electron chi connectivity index (χ2n) is 4.60. The lowest BCUT2D eigenvalue weighted by Gasteiger charge is -2.25. The van der Waals surface area contributed by atoms with Crippen LogP contribution in [-0.2, 0) is 9.53 Å². The van der Waals surface area contributed by atoms with E-state index in [9.17, 15) is 4.79 Å². The predicted octanol–water partition coefficient (Wildman–Crippen LogP) is 0.669. The predicted molar refractivity (Wildman–Crippen MR) is 77.7 cm³/mol. The molecule has 2 aromatic heterocycles. The number of pyridine rings is 1. The van der Waals surface area contributed by atoms with Crippen LogP contribution in [0.4, 0.5) is 0 Å². The van der Waals surface area contributed by atoms with Crippen molar-refractivity contribution in [2.45, 2.75) is 13.1 Å². The van der Waals surface area contributed by atoms with E-state index in [4.69, 9.17) is 4.74 Å². The molecule has 1 N–H and O–H groups in total. The first-order valence-electron chi connectivity index (χ1n) is 6.62. The van der Waals surface area contributed by atoms with Crippen molar-refractivity contribution >= 4 is 11.8 Å². The Balaban J connectivity index is 2.07. The van der Waals surface area contributed by atoms with Crippen LogP contribution in [0.5, 0.6) is 0 Å². The van der Waals surface area contributed by atoms with Crippen LogP contribution in [0.15, 0.2) is 53.1 Å². The molecule has 0 saturated carbocycles. The van der Waals surface area contributed by atoms with Crippen molar-refractivity contribution in [3.05, 3.63) is 53.8 Å². The van der Waals surface area contributed by atoms with Crippen LogP contribution in [0, 0.1) is 0 Å². The Hall–Kier alpha value is -3.03. The van der Waals surface area contributed by atoms with Gasteiger partial charge in [0.1, 0.15) is 11.3 Å². The van der Waals surface area contributed by atoms with Crippen LogP contribution in [0.25, 0.3) is 0 Å². The maximum absolute atomic E-state index is 12.1. The lowest BCUT2D eigenvalue weighted by Crippen LogP contribution is -2.35. The van der Waals surface area contributed by atoms with Crippen LogP contribution >= 0.6 is 0 Å². The van der Waals surface area contributed by atoms with E-state index in [0.717, 1.165) is 0 Å². The Labute approximate surface area is 126 Å². The van der Waals surface area contributed by atoms with Gasteiger partial charge in [0.15, 0.2) is 12.0 Å². The fraction of sp³-hybridized carbons (Fsp3) is 0.214. The third kappa shape index (κ3) is 2.46. The first kappa shape index (κ1) is 13.9. The van der Waals surface area contributed by atoms with Crippen LogP contribution in [0.1, 0.15) is 18.8 Å². The summed E-state index contributed by atoms with van der Waals surface area (Å²) in [6.45, 7) is 1.79. The van der Waals surface area contributed by atoms with E-state index in [1.54, 1.807) is 19.3 Å². The molecule has 8 nitrogen and oxygen atoms in total. The Kier molecular flexibility index (Phi) is 3.65. The molecule has 0 radical (unpaired) electrons. The fourth-order valence-corrected chi connectivity index (χ4v) is 2.20. The summed E-state index contributed by atoms with van der Waals surface area (Å²) in [5, 5.41) is 10.8. The third-order valence-corrected chi connectivity index (χ3v) is 3.22. The van der Waals surface area contributed by atoms with E-state index >= 15 is 0 Å². The largest absolute Gasteiger partial charge is 0.465 e. The Morgan fingerprint density at radius 1 is 1.36 bits per heavy atom. The number of ether oxygens (including phenoxy) is 1. The lowest BCUT2D eigenvalue weighted by atomic mass is 10.1. The minimum Gasteiger partial charge on any atom is -0.465 e. The molecule has 2 aromatic rings. The van der Waals surface area contributed by atoms with Crippen LogP contribution in [-0.4, -0.2) is 38.9 Å². The molecule has 8 heteroatoms. The lowest BCUT2D eigenvalue weighted by molar-refractivity contribution is -0.136. The molecule has 3 rings (SSSR count).